The van der Waals surface area contributed by atoms with Gasteiger partial charge in [0.15, 0.2) is 9.84 Å². The number of halogens is 2. The van der Waals surface area contributed by atoms with E-state index in [2.05, 4.69) is 15.9 Å². The number of hydrogen-bond donors (Lipinski definition) is 1. The zero-order valence-electron chi connectivity index (χ0n) is 8.94. The van der Waals surface area contributed by atoms with Crippen molar-refractivity contribution in [2.45, 2.75) is 12.5 Å². The van der Waals surface area contributed by atoms with Gasteiger partial charge in [0.1, 0.15) is 0 Å². The SMILES string of the molecule is O=S1(=O)CCC(C(O)c2ccc(Br)c(Cl)c2)C1. The minimum Gasteiger partial charge on any atom is -0.388 e. The lowest BCUT2D eigenvalue weighted by Crippen LogP contribution is -2.14. The molecule has 1 aromatic rings. The van der Waals surface area contributed by atoms with Crippen LogP contribution >= 0.6 is 27.5 Å². The van der Waals surface area contributed by atoms with Crippen molar-refractivity contribution in [2.75, 3.05) is 11.5 Å². The molecular formula is C11H12BrClO3S. The highest BCUT2D eigenvalue weighted by molar-refractivity contribution is 9.10. The van der Waals surface area contributed by atoms with Crippen molar-refractivity contribution in [1.82, 2.24) is 0 Å². The Morgan fingerprint density at radius 2 is 2.18 bits per heavy atom. The Hall–Kier alpha value is -0.100. The van der Waals surface area contributed by atoms with Gasteiger partial charge in [0.25, 0.3) is 0 Å². The highest BCUT2D eigenvalue weighted by Crippen LogP contribution is 2.33. The number of hydrogen-bond acceptors (Lipinski definition) is 3. The van der Waals surface area contributed by atoms with Crippen LogP contribution in [0.15, 0.2) is 22.7 Å². The van der Waals surface area contributed by atoms with Gasteiger partial charge in [0, 0.05) is 10.4 Å². The summed E-state index contributed by atoms with van der Waals surface area (Å²) in [5, 5.41) is 10.6. The van der Waals surface area contributed by atoms with Crippen molar-refractivity contribution < 1.29 is 13.5 Å². The maximum atomic E-state index is 11.4. The molecule has 2 unspecified atom stereocenters. The van der Waals surface area contributed by atoms with Gasteiger partial charge in [0.05, 0.1) is 22.6 Å². The fraction of sp³-hybridized carbons (Fsp3) is 0.455. The first-order chi connectivity index (χ1) is 7.89. The van der Waals surface area contributed by atoms with Crippen molar-refractivity contribution in [1.29, 1.82) is 0 Å². The summed E-state index contributed by atoms with van der Waals surface area (Å²) in [6.45, 7) is 0. The normalized spacial score (nSPS) is 24.8. The molecule has 94 valence electrons. The third-order valence-electron chi connectivity index (χ3n) is 3.00. The Labute approximate surface area is 114 Å². The zero-order chi connectivity index (χ0) is 12.6. The molecule has 1 N–H and O–H groups in total. The molecule has 0 radical (unpaired) electrons. The summed E-state index contributed by atoms with van der Waals surface area (Å²) >= 11 is 9.22. The van der Waals surface area contributed by atoms with Crippen LogP contribution in [0.3, 0.4) is 0 Å². The fourth-order valence-corrected chi connectivity index (χ4v) is 4.31. The molecule has 1 aliphatic heterocycles. The molecule has 0 amide bonds. The van der Waals surface area contributed by atoms with Crippen LogP contribution in [0.25, 0.3) is 0 Å². The van der Waals surface area contributed by atoms with E-state index < -0.39 is 15.9 Å². The van der Waals surface area contributed by atoms with E-state index in [0.717, 1.165) is 4.47 Å². The van der Waals surface area contributed by atoms with Crippen molar-refractivity contribution >= 4 is 37.4 Å². The molecule has 0 bridgehead atoms. The lowest BCUT2D eigenvalue weighted by molar-refractivity contribution is 0.121. The fourth-order valence-electron chi connectivity index (χ4n) is 2.04. The van der Waals surface area contributed by atoms with Gasteiger partial charge in [-0.2, -0.15) is 0 Å². The first-order valence-corrected chi connectivity index (χ1v) is 8.22. The largest absolute Gasteiger partial charge is 0.388 e. The molecule has 2 rings (SSSR count). The molecule has 1 saturated heterocycles. The topological polar surface area (TPSA) is 54.4 Å². The van der Waals surface area contributed by atoms with Crippen LogP contribution in [0, 0.1) is 5.92 Å². The van der Waals surface area contributed by atoms with Crippen molar-refractivity contribution in [3.05, 3.63) is 33.3 Å². The molecule has 0 aliphatic carbocycles. The van der Waals surface area contributed by atoms with Gasteiger partial charge in [-0.15, -0.1) is 0 Å². The maximum Gasteiger partial charge on any atom is 0.150 e. The van der Waals surface area contributed by atoms with Crippen LogP contribution in [-0.4, -0.2) is 25.0 Å². The lowest BCUT2D eigenvalue weighted by atomic mass is 9.95. The Kier molecular flexibility index (Phi) is 3.83. The Morgan fingerprint density at radius 1 is 1.47 bits per heavy atom. The Morgan fingerprint density at radius 3 is 2.71 bits per heavy atom. The van der Waals surface area contributed by atoms with E-state index in [4.69, 9.17) is 11.6 Å². The Bertz CT molecular complexity index is 530. The Balaban J connectivity index is 2.20. The van der Waals surface area contributed by atoms with Gasteiger partial charge >= 0.3 is 0 Å². The molecule has 0 saturated carbocycles. The summed E-state index contributed by atoms with van der Waals surface area (Å²) in [5.41, 5.74) is 0.667. The van der Waals surface area contributed by atoms with Gasteiger partial charge in [-0.05, 0) is 40.0 Å². The van der Waals surface area contributed by atoms with E-state index in [1.54, 1.807) is 18.2 Å². The van der Waals surface area contributed by atoms with Gasteiger partial charge in [-0.25, -0.2) is 8.42 Å². The third-order valence-corrected chi connectivity index (χ3v) is 6.03. The molecule has 1 heterocycles. The van der Waals surface area contributed by atoms with E-state index in [1.165, 1.54) is 0 Å². The molecular weight excluding hydrogens is 328 g/mol. The summed E-state index contributed by atoms with van der Waals surface area (Å²) in [4.78, 5) is 0. The second-order valence-corrected chi connectivity index (χ2v) is 7.77. The maximum absolute atomic E-state index is 11.4. The predicted octanol–water partition coefficient (Wildman–Crippen LogP) is 2.57. The van der Waals surface area contributed by atoms with Crippen LogP contribution in [0.2, 0.25) is 5.02 Å². The van der Waals surface area contributed by atoms with Gasteiger partial charge < -0.3 is 5.11 Å². The van der Waals surface area contributed by atoms with E-state index in [1.807, 2.05) is 0 Å². The second kappa shape index (κ2) is 4.88. The molecule has 1 aromatic carbocycles. The van der Waals surface area contributed by atoms with Gasteiger partial charge in [-0.3, -0.25) is 0 Å². The summed E-state index contributed by atoms with van der Waals surface area (Å²) < 4.78 is 23.5. The number of benzene rings is 1. The van der Waals surface area contributed by atoms with E-state index in [-0.39, 0.29) is 17.4 Å². The number of sulfone groups is 1. The number of aliphatic hydroxyl groups excluding tert-OH is 1. The third kappa shape index (κ3) is 3.02. The lowest BCUT2D eigenvalue weighted by Gasteiger charge is -2.17. The summed E-state index contributed by atoms with van der Waals surface area (Å²) in [7, 11) is -2.97. The molecule has 1 fully saturated rings. The summed E-state index contributed by atoms with van der Waals surface area (Å²) in [5.74, 6) is -0.00172. The van der Waals surface area contributed by atoms with Crippen molar-refractivity contribution in [3.63, 3.8) is 0 Å². The van der Waals surface area contributed by atoms with Gasteiger partial charge in [0.2, 0.25) is 0 Å². The van der Waals surface area contributed by atoms with Crippen LogP contribution in [-0.2, 0) is 9.84 Å². The molecule has 0 spiro atoms. The van der Waals surface area contributed by atoms with Crippen molar-refractivity contribution in [3.8, 4) is 0 Å². The van der Waals surface area contributed by atoms with Crippen LogP contribution < -0.4 is 0 Å². The average Bonchev–Trinajstić information content (AvgIpc) is 2.62. The molecule has 17 heavy (non-hydrogen) atoms. The highest BCUT2D eigenvalue weighted by Gasteiger charge is 2.33. The van der Waals surface area contributed by atoms with Crippen LogP contribution in [0.5, 0.6) is 0 Å². The molecule has 6 heteroatoms. The molecule has 1 aliphatic rings. The van der Waals surface area contributed by atoms with Crippen LogP contribution in [0.1, 0.15) is 18.1 Å². The first-order valence-electron chi connectivity index (χ1n) is 5.22. The number of rotatable bonds is 2. The highest BCUT2D eigenvalue weighted by atomic mass is 79.9. The predicted molar refractivity (Wildman–Crippen MR) is 70.9 cm³/mol. The zero-order valence-corrected chi connectivity index (χ0v) is 12.1. The molecule has 3 nitrogen and oxygen atoms in total. The molecule has 0 aromatic heterocycles. The van der Waals surface area contributed by atoms with Crippen molar-refractivity contribution in [2.24, 2.45) is 5.92 Å². The monoisotopic (exact) mass is 338 g/mol. The molecule has 2 atom stereocenters. The van der Waals surface area contributed by atoms with Crippen LogP contribution in [0.4, 0.5) is 0 Å². The van der Waals surface area contributed by atoms with E-state index in [9.17, 15) is 13.5 Å². The average molecular weight is 340 g/mol. The summed E-state index contributed by atoms with van der Waals surface area (Å²) in [6.07, 6.45) is -0.255. The second-order valence-electron chi connectivity index (χ2n) is 4.28. The van der Waals surface area contributed by atoms with E-state index >= 15 is 0 Å². The summed E-state index contributed by atoms with van der Waals surface area (Å²) in [6, 6.07) is 5.18. The van der Waals surface area contributed by atoms with E-state index in [0.29, 0.717) is 17.0 Å². The first kappa shape index (κ1) is 13.3. The van der Waals surface area contributed by atoms with Gasteiger partial charge in [-0.1, -0.05) is 17.7 Å². The standard InChI is InChI=1S/C11H12BrClO3S/c12-9-2-1-7(5-10(9)13)11(14)8-3-4-17(15,16)6-8/h1-2,5,8,11,14H,3-4,6H2. The quantitative estimate of drug-likeness (QED) is 0.901. The minimum atomic E-state index is -2.97. The minimum absolute atomic E-state index is 0.0574. The number of aliphatic hydroxyl groups is 1. The smallest absolute Gasteiger partial charge is 0.150 e.